The van der Waals surface area contributed by atoms with Crippen LogP contribution in [-0.2, 0) is 0 Å². The number of benzene rings is 1. The molecule has 1 aromatic carbocycles. The predicted molar refractivity (Wildman–Crippen MR) is 75.9 cm³/mol. The molecule has 4 heteroatoms. The molecule has 2 rings (SSSR count). The average molecular weight is 279 g/mol. The Hall–Kier alpha value is -1.45. The van der Waals surface area contributed by atoms with E-state index in [4.69, 9.17) is 11.6 Å². The lowest BCUT2D eigenvalue weighted by Gasteiger charge is -2.20. The number of aromatic nitrogens is 1. The lowest BCUT2D eigenvalue weighted by atomic mass is 9.98. The molecule has 0 bridgehead atoms. The lowest BCUT2D eigenvalue weighted by molar-refractivity contribution is 0.606. The number of hydrogen-bond acceptors (Lipinski definition) is 2. The van der Waals surface area contributed by atoms with Crippen LogP contribution in [0.15, 0.2) is 36.7 Å². The first-order chi connectivity index (χ1) is 9.13. The van der Waals surface area contributed by atoms with Crippen molar-refractivity contribution in [2.45, 2.75) is 19.9 Å². The van der Waals surface area contributed by atoms with Crippen LogP contribution in [0.4, 0.5) is 4.39 Å². The van der Waals surface area contributed by atoms with Crippen LogP contribution in [0.2, 0.25) is 5.02 Å². The van der Waals surface area contributed by atoms with E-state index < -0.39 is 0 Å². The van der Waals surface area contributed by atoms with Gasteiger partial charge in [0.15, 0.2) is 0 Å². The van der Waals surface area contributed by atoms with E-state index >= 15 is 0 Å². The van der Waals surface area contributed by atoms with Crippen LogP contribution in [0.1, 0.15) is 29.7 Å². The third-order valence-electron chi connectivity index (χ3n) is 3.04. The van der Waals surface area contributed by atoms with Gasteiger partial charge in [-0.3, -0.25) is 4.98 Å². The molecule has 100 valence electrons. The minimum absolute atomic E-state index is 0.0557. The Morgan fingerprint density at radius 3 is 2.79 bits per heavy atom. The van der Waals surface area contributed by atoms with Crippen LogP contribution in [0.3, 0.4) is 0 Å². The Morgan fingerprint density at radius 2 is 2.16 bits per heavy atom. The van der Waals surface area contributed by atoms with Gasteiger partial charge in [-0.05, 0) is 42.3 Å². The van der Waals surface area contributed by atoms with Crippen LogP contribution >= 0.6 is 11.6 Å². The number of nitrogens with one attached hydrogen (secondary N) is 1. The van der Waals surface area contributed by atoms with E-state index in [9.17, 15) is 4.39 Å². The summed E-state index contributed by atoms with van der Waals surface area (Å²) in [6.45, 7) is 4.58. The minimum Gasteiger partial charge on any atom is -0.306 e. The lowest BCUT2D eigenvalue weighted by Crippen LogP contribution is -2.22. The van der Waals surface area contributed by atoms with Gasteiger partial charge in [-0.2, -0.15) is 0 Å². The predicted octanol–water partition coefficient (Wildman–Crippen LogP) is 3.88. The van der Waals surface area contributed by atoms with Gasteiger partial charge in [0.1, 0.15) is 5.82 Å². The maximum absolute atomic E-state index is 13.4. The second-order valence-corrected chi connectivity index (χ2v) is 4.80. The van der Waals surface area contributed by atoms with Crippen molar-refractivity contribution in [1.29, 1.82) is 0 Å². The first-order valence-electron chi connectivity index (χ1n) is 6.22. The Bertz CT molecular complexity index is 572. The molecule has 2 nitrogen and oxygen atoms in total. The van der Waals surface area contributed by atoms with Crippen molar-refractivity contribution < 1.29 is 4.39 Å². The van der Waals surface area contributed by atoms with Gasteiger partial charge in [0, 0.05) is 12.4 Å². The van der Waals surface area contributed by atoms with E-state index in [2.05, 4.69) is 10.3 Å². The average Bonchev–Trinajstić information content (AvgIpc) is 2.40. The van der Waals surface area contributed by atoms with E-state index in [1.54, 1.807) is 25.4 Å². The number of pyridine rings is 1. The molecule has 1 atom stereocenters. The topological polar surface area (TPSA) is 24.9 Å². The highest BCUT2D eigenvalue weighted by atomic mass is 35.5. The number of hydrogen-bond donors (Lipinski definition) is 1. The molecule has 0 saturated carbocycles. The molecule has 1 heterocycles. The molecule has 0 aliphatic carbocycles. The van der Waals surface area contributed by atoms with Crippen LogP contribution < -0.4 is 5.32 Å². The highest BCUT2D eigenvalue weighted by Gasteiger charge is 2.16. The number of nitrogens with zero attached hydrogens (tertiary/aromatic N) is 1. The molecule has 0 saturated heterocycles. The molecule has 0 aliphatic rings. The summed E-state index contributed by atoms with van der Waals surface area (Å²) >= 11 is 6.20. The summed E-state index contributed by atoms with van der Waals surface area (Å²) in [5.41, 5.74) is 2.57. The third-order valence-corrected chi connectivity index (χ3v) is 3.35. The highest BCUT2D eigenvalue weighted by Crippen LogP contribution is 2.28. The van der Waals surface area contributed by atoms with Gasteiger partial charge in [-0.25, -0.2) is 4.39 Å². The summed E-state index contributed by atoms with van der Waals surface area (Å²) < 4.78 is 13.4. The van der Waals surface area contributed by atoms with E-state index in [1.807, 2.05) is 19.1 Å². The van der Waals surface area contributed by atoms with Crippen LogP contribution in [-0.4, -0.2) is 11.5 Å². The number of halogens is 2. The quantitative estimate of drug-likeness (QED) is 0.918. The fraction of sp³-hybridized carbons (Fsp3) is 0.267. The fourth-order valence-electron chi connectivity index (χ4n) is 2.08. The molecule has 1 N–H and O–H groups in total. The van der Waals surface area contributed by atoms with Crippen LogP contribution in [0, 0.1) is 12.7 Å². The standard InChI is InChI=1S/C15H16ClFN2/c1-3-19-15(12-6-7-18-9-13(12)16)11-4-5-14(17)10(2)8-11/h4-9,15,19H,3H2,1-2H3. The first-order valence-corrected chi connectivity index (χ1v) is 6.60. The number of aryl methyl sites for hydroxylation is 1. The van der Waals surface area contributed by atoms with Crippen molar-refractivity contribution in [3.8, 4) is 0 Å². The van der Waals surface area contributed by atoms with Crippen molar-refractivity contribution in [2.75, 3.05) is 6.54 Å². The number of rotatable bonds is 4. The van der Waals surface area contributed by atoms with Gasteiger partial charge >= 0.3 is 0 Å². The van der Waals surface area contributed by atoms with Gasteiger partial charge in [-0.15, -0.1) is 0 Å². The second-order valence-electron chi connectivity index (χ2n) is 4.40. The van der Waals surface area contributed by atoms with Gasteiger partial charge in [0.2, 0.25) is 0 Å². The van der Waals surface area contributed by atoms with E-state index in [1.165, 1.54) is 6.07 Å². The van der Waals surface area contributed by atoms with Crippen LogP contribution in [0.5, 0.6) is 0 Å². The molecule has 2 aromatic rings. The molecule has 0 amide bonds. The molecular weight excluding hydrogens is 263 g/mol. The summed E-state index contributed by atoms with van der Waals surface area (Å²) in [5, 5.41) is 3.97. The zero-order valence-corrected chi connectivity index (χ0v) is 11.7. The Balaban J connectivity index is 2.45. The van der Waals surface area contributed by atoms with Crippen molar-refractivity contribution in [3.05, 3.63) is 64.2 Å². The fourth-order valence-corrected chi connectivity index (χ4v) is 2.31. The van der Waals surface area contributed by atoms with Gasteiger partial charge in [0.05, 0.1) is 11.1 Å². The largest absolute Gasteiger partial charge is 0.306 e. The van der Waals surface area contributed by atoms with Crippen molar-refractivity contribution >= 4 is 11.6 Å². The molecule has 1 unspecified atom stereocenters. The molecule has 19 heavy (non-hydrogen) atoms. The zero-order chi connectivity index (χ0) is 13.8. The van der Waals surface area contributed by atoms with Crippen molar-refractivity contribution in [2.24, 2.45) is 0 Å². The molecule has 0 aliphatic heterocycles. The van der Waals surface area contributed by atoms with Gasteiger partial charge in [0.25, 0.3) is 0 Å². The summed E-state index contributed by atoms with van der Waals surface area (Å²) in [7, 11) is 0. The maximum Gasteiger partial charge on any atom is 0.126 e. The van der Waals surface area contributed by atoms with E-state index in [0.29, 0.717) is 10.6 Å². The maximum atomic E-state index is 13.4. The Kier molecular flexibility index (Phi) is 4.51. The SMILES string of the molecule is CCNC(c1ccc(F)c(C)c1)c1ccncc1Cl. The Morgan fingerprint density at radius 1 is 1.37 bits per heavy atom. The first kappa shape index (κ1) is 14.0. The smallest absolute Gasteiger partial charge is 0.126 e. The zero-order valence-electron chi connectivity index (χ0n) is 11.0. The summed E-state index contributed by atoms with van der Waals surface area (Å²) in [6.07, 6.45) is 3.33. The molecule has 0 spiro atoms. The van der Waals surface area contributed by atoms with Gasteiger partial charge in [-0.1, -0.05) is 30.7 Å². The normalized spacial score (nSPS) is 12.4. The molecule has 0 radical (unpaired) electrons. The molecule has 0 fully saturated rings. The minimum atomic E-state index is -0.195. The summed E-state index contributed by atoms with van der Waals surface area (Å²) in [5.74, 6) is -0.195. The second kappa shape index (κ2) is 6.13. The van der Waals surface area contributed by atoms with Crippen molar-refractivity contribution in [1.82, 2.24) is 10.3 Å². The molecular formula is C15H16ClFN2. The van der Waals surface area contributed by atoms with E-state index in [-0.39, 0.29) is 11.9 Å². The monoisotopic (exact) mass is 278 g/mol. The van der Waals surface area contributed by atoms with Gasteiger partial charge < -0.3 is 5.32 Å². The summed E-state index contributed by atoms with van der Waals surface area (Å²) in [4.78, 5) is 3.99. The Labute approximate surface area is 117 Å². The summed E-state index contributed by atoms with van der Waals surface area (Å²) in [6, 6.07) is 6.95. The highest BCUT2D eigenvalue weighted by molar-refractivity contribution is 6.31. The van der Waals surface area contributed by atoms with Crippen molar-refractivity contribution in [3.63, 3.8) is 0 Å². The van der Waals surface area contributed by atoms with Crippen LogP contribution in [0.25, 0.3) is 0 Å². The molecule has 1 aromatic heterocycles. The third kappa shape index (κ3) is 3.11. The van der Waals surface area contributed by atoms with E-state index in [0.717, 1.165) is 17.7 Å².